The molecule has 0 saturated heterocycles. The van der Waals surface area contributed by atoms with E-state index in [9.17, 15) is 0 Å². The van der Waals surface area contributed by atoms with Gasteiger partial charge in [0.15, 0.2) is 11.6 Å². The van der Waals surface area contributed by atoms with Gasteiger partial charge in [0.05, 0.1) is 26.8 Å². The molecule has 0 amide bonds. The number of halogens is 2. The maximum Gasteiger partial charge on any atom is 0.197 e. The molecule has 5 nitrogen and oxygen atoms in total. The Balaban J connectivity index is 1.96. The second-order valence-corrected chi connectivity index (χ2v) is 7.68. The van der Waals surface area contributed by atoms with Crippen molar-refractivity contribution in [1.82, 2.24) is 19.7 Å². The molecule has 0 unspecified atom stereocenters. The molecule has 1 N–H and O–H groups in total. The molecule has 0 spiro atoms. The topological polar surface area (TPSA) is 55.6 Å². The first kappa shape index (κ1) is 18.7. The molecule has 0 aliphatic heterocycles. The quantitative estimate of drug-likeness (QED) is 0.442. The molecule has 7 heteroatoms. The highest BCUT2D eigenvalue weighted by atomic mass is 35.5. The van der Waals surface area contributed by atoms with Crippen molar-refractivity contribution in [3.05, 3.63) is 69.0 Å². The molecule has 142 valence electrons. The fourth-order valence-corrected chi connectivity index (χ4v) is 3.45. The van der Waals surface area contributed by atoms with Gasteiger partial charge in [0.1, 0.15) is 0 Å². The van der Waals surface area contributed by atoms with Crippen molar-refractivity contribution in [2.75, 3.05) is 5.32 Å². The minimum atomic E-state index is 0.443. The Bertz CT molecular complexity index is 1210. The second kappa shape index (κ2) is 7.08. The van der Waals surface area contributed by atoms with E-state index in [-0.39, 0.29) is 0 Å². The van der Waals surface area contributed by atoms with E-state index in [1.165, 1.54) is 5.56 Å². The van der Waals surface area contributed by atoms with Gasteiger partial charge in [-0.25, -0.2) is 14.6 Å². The molecule has 2 aromatic carbocycles. The fourth-order valence-electron chi connectivity index (χ4n) is 3.13. The van der Waals surface area contributed by atoms with Crippen LogP contribution in [0.2, 0.25) is 10.0 Å². The van der Waals surface area contributed by atoms with E-state index in [1.54, 1.807) is 16.8 Å². The van der Waals surface area contributed by atoms with Gasteiger partial charge in [-0.2, -0.15) is 5.10 Å². The molecule has 0 atom stereocenters. The van der Waals surface area contributed by atoms with Crippen LogP contribution in [0.15, 0.2) is 36.4 Å². The lowest BCUT2D eigenvalue weighted by atomic mass is 10.1. The van der Waals surface area contributed by atoms with Crippen molar-refractivity contribution in [1.29, 1.82) is 0 Å². The minimum Gasteiger partial charge on any atom is -0.337 e. The maximum absolute atomic E-state index is 6.19. The van der Waals surface area contributed by atoms with Crippen LogP contribution >= 0.6 is 23.2 Å². The lowest BCUT2D eigenvalue weighted by Crippen LogP contribution is -2.09. The number of hydrogen-bond acceptors (Lipinski definition) is 4. The van der Waals surface area contributed by atoms with E-state index < -0.39 is 0 Å². The number of anilines is 2. The molecule has 0 bridgehead atoms. The van der Waals surface area contributed by atoms with Crippen LogP contribution in [0.1, 0.15) is 22.5 Å². The maximum atomic E-state index is 6.19. The molecule has 0 aliphatic carbocycles. The van der Waals surface area contributed by atoms with E-state index in [0.717, 1.165) is 22.6 Å². The van der Waals surface area contributed by atoms with Crippen molar-refractivity contribution in [2.45, 2.75) is 27.7 Å². The summed E-state index contributed by atoms with van der Waals surface area (Å²) in [6.07, 6.45) is 0. The van der Waals surface area contributed by atoms with Crippen LogP contribution in [-0.4, -0.2) is 19.7 Å². The van der Waals surface area contributed by atoms with Gasteiger partial charge < -0.3 is 5.32 Å². The summed E-state index contributed by atoms with van der Waals surface area (Å²) in [7, 11) is 0. The minimum absolute atomic E-state index is 0.443. The third kappa shape index (κ3) is 3.32. The Kier molecular flexibility index (Phi) is 4.73. The van der Waals surface area contributed by atoms with Gasteiger partial charge in [-0.15, -0.1) is 0 Å². The summed E-state index contributed by atoms with van der Waals surface area (Å²) in [5.74, 6) is 1.21. The first-order valence-corrected chi connectivity index (χ1v) is 9.63. The van der Waals surface area contributed by atoms with Crippen LogP contribution in [-0.2, 0) is 0 Å². The third-order valence-corrected chi connectivity index (χ3v) is 5.48. The number of fused-ring (bicyclic) bond motifs is 1. The Labute approximate surface area is 173 Å². The number of nitrogens with one attached hydrogen (secondary N) is 1. The normalized spacial score (nSPS) is 11.2. The van der Waals surface area contributed by atoms with Crippen LogP contribution in [0.5, 0.6) is 0 Å². The zero-order chi connectivity index (χ0) is 20.0. The summed E-state index contributed by atoms with van der Waals surface area (Å²) < 4.78 is 1.79. The van der Waals surface area contributed by atoms with Gasteiger partial charge in [0, 0.05) is 11.4 Å². The molecular weight excluding hydrogens is 393 g/mol. The molecule has 4 aromatic rings. The molecule has 0 radical (unpaired) electrons. The zero-order valence-corrected chi connectivity index (χ0v) is 17.5. The Hall–Kier alpha value is -2.63. The summed E-state index contributed by atoms with van der Waals surface area (Å²) in [4.78, 5) is 9.59. The standard InChI is InChI=1S/C21H19Cl2N5/c1-11-6-5-7-17(14(11)4)24-20-21(28-13(3)8-12(2)27-28)26-19-10-16(23)15(22)9-18(19)25-20/h5-10H,1-4H3,(H,24,25). The molecule has 2 aromatic heterocycles. The van der Waals surface area contributed by atoms with E-state index in [1.807, 2.05) is 32.0 Å². The fraction of sp³-hybridized carbons (Fsp3) is 0.190. The van der Waals surface area contributed by atoms with Crippen LogP contribution < -0.4 is 5.32 Å². The van der Waals surface area contributed by atoms with Crippen molar-refractivity contribution in [2.24, 2.45) is 0 Å². The van der Waals surface area contributed by atoms with Crippen LogP contribution in [0, 0.1) is 27.7 Å². The number of aromatic nitrogens is 4. The molecule has 0 aliphatic rings. The molecule has 4 rings (SSSR count). The van der Waals surface area contributed by atoms with Gasteiger partial charge in [0.2, 0.25) is 0 Å². The molecular formula is C21H19Cl2N5. The van der Waals surface area contributed by atoms with E-state index in [0.29, 0.717) is 32.7 Å². The lowest BCUT2D eigenvalue weighted by molar-refractivity contribution is 0.808. The Morgan fingerprint density at radius 3 is 2.21 bits per heavy atom. The predicted molar refractivity (Wildman–Crippen MR) is 115 cm³/mol. The van der Waals surface area contributed by atoms with Gasteiger partial charge >= 0.3 is 0 Å². The largest absolute Gasteiger partial charge is 0.337 e. The summed E-state index contributed by atoms with van der Waals surface area (Å²) in [6, 6.07) is 11.6. The predicted octanol–water partition coefficient (Wildman–Crippen LogP) is 6.10. The lowest BCUT2D eigenvalue weighted by Gasteiger charge is -2.15. The highest BCUT2D eigenvalue weighted by Gasteiger charge is 2.16. The van der Waals surface area contributed by atoms with Gasteiger partial charge in [-0.3, -0.25) is 0 Å². The molecule has 0 fully saturated rings. The van der Waals surface area contributed by atoms with Crippen molar-refractivity contribution in [3.8, 4) is 5.82 Å². The third-order valence-electron chi connectivity index (χ3n) is 4.76. The van der Waals surface area contributed by atoms with E-state index in [2.05, 4.69) is 30.3 Å². The van der Waals surface area contributed by atoms with Crippen molar-refractivity contribution >= 4 is 45.7 Å². The van der Waals surface area contributed by atoms with Gasteiger partial charge in [-0.05, 0) is 63.1 Å². The molecule has 0 saturated carbocycles. The number of hydrogen-bond donors (Lipinski definition) is 1. The number of nitrogens with zero attached hydrogens (tertiary/aromatic N) is 4. The Morgan fingerprint density at radius 2 is 1.57 bits per heavy atom. The van der Waals surface area contributed by atoms with Crippen LogP contribution in [0.25, 0.3) is 16.9 Å². The average molecular weight is 412 g/mol. The Morgan fingerprint density at radius 1 is 0.893 bits per heavy atom. The highest BCUT2D eigenvalue weighted by Crippen LogP contribution is 2.31. The van der Waals surface area contributed by atoms with E-state index >= 15 is 0 Å². The number of benzene rings is 2. The van der Waals surface area contributed by atoms with Crippen molar-refractivity contribution < 1.29 is 0 Å². The highest BCUT2D eigenvalue weighted by molar-refractivity contribution is 6.42. The number of rotatable bonds is 3. The van der Waals surface area contributed by atoms with Gasteiger partial charge in [-0.1, -0.05) is 35.3 Å². The first-order chi connectivity index (χ1) is 13.3. The van der Waals surface area contributed by atoms with Crippen LogP contribution in [0.3, 0.4) is 0 Å². The summed E-state index contributed by atoms with van der Waals surface area (Å²) in [5.41, 5.74) is 6.51. The molecule has 28 heavy (non-hydrogen) atoms. The van der Waals surface area contributed by atoms with Crippen LogP contribution in [0.4, 0.5) is 11.5 Å². The zero-order valence-electron chi connectivity index (χ0n) is 16.0. The molecule has 2 heterocycles. The summed E-state index contributed by atoms with van der Waals surface area (Å²) in [6.45, 7) is 8.09. The summed E-state index contributed by atoms with van der Waals surface area (Å²) in [5, 5.41) is 8.90. The first-order valence-electron chi connectivity index (χ1n) is 8.87. The average Bonchev–Trinajstić information content (AvgIpc) is 2.98. The SMILES string of the molecule is Cc1cc(C)n(-c2nc3cc(Cl)c(Cl)cc3nc2Nc2cccc(C)c2C)n1. The second-order valence-electron chi connectivity index (χ2n) is 6.86. The van der Waals surface area contributed by atoms with Gasteiger partial charge in [0.25, 0.3) is 0 Å². The smallest absolute Gasteiger partial charge is 0.197 e. The summed E-state index contributed by atoms with van der Waals surface area (Å²) >= 11 is 12.4. The van der Waals surface area contributed by atoms with Crippen molar-refractivity contribution in [3.63, 3.8) is 0 Å². The van der Waals surface area contributed by atoms with E-state index in [4.69, 9.17) is 33.2 Å². The monoisotopic (exact) mass is 411 g/mol. The number of aryl methyl sites for hydroxylation is 3.